The van der Waals surface area contributed by atoms with Crippen molar-refractivity contribution in [1.82, 2.24) is 10.2 Å². The highest BCUT2D eigenvalue weighted by Gasteiger charge is 2.20. The summed E-state index contributed by atoms with van der Waals surface area (Å²) in [5, 5.41) is 6.92. The van der Waals surface area contributed by atoms with Crippen LogP contribution in [0.5, 0.6) is 0 Å². The van der Waals surface area contributed by atoms with E-state index in [0.29, 0.717) is 10.7 Å². The Morgan fingerprint density at radius 3 is 2.72 bits per heavy atom. The topological polar surface area (TPSA) is 53.6 Å². The molecule has 1 heterocycles. The predicted octanol–water partition coefficient (Wildman–Crippen LogP) is 3.13. The average Bonchev–Trinajstić information content (AvgIpc) is 2.57. The third-order valence-electron chi connectivity index (χ3n) is 4.42. The highest BCUT2D eigenvalue weighted by atomic mass is 32.1. The maximum absolute atomic E-state index is 11.6. The average molecular weight is 364 g/mol. The fourth-order valence-electron chi connectivity index (χ4n) is 3.50. The molecule has 0 unspecified atom stereocenters. The summed E-state index contributed by atoms with van der Waals surface area (Å²) in [4.78, 5) is 14.1. The smallest absolute Gasteiger partial charge is 0.337 e. The number of rotatable bonds is 6. The van der Waals surface area contributed by atoms with Gasteiger partial charge in [0.2, 0.25) is 0 Å². The van der Waals surface area contributed by atoms with Crippen LogP contribution in [0.2, 0.25) is 0 Å². The van der Waals surface area contributed by atoms with Crippen molar-refractivity contribution in [3.63, 3.8) is 0 Å². The van der Waals surface area contributed by atoms with Crippen LogP contribution in [-0.4, -0.2) is 49.3 Å². The number of thiocarbonyl (C=S) groups is 1. The quantitative estimate of drug-likeness (QED) is 0.460. The zero-order valence-corrected chi connectivity index (χ0v) is 16.2. The van der Waals surface area contributed by atoms with E-state index in [1.165, 1.54) is 26.6 Å². The second-order valence-corrected chi connectivity index (χ2v) is 7.42. The maximum Gasteiger partial charge on any atom is 0.337 e. The lowest BCUT2D eigenvalue weighted by atomic mass is 9.92. The Bertz CT molecular complexity index is 584. The molecule has 0 aliphatic carbocycles. The number of methoxy groups -OCH3 is 1. The second kappa shape index (κ2) is 9.73. The van der Waals surface area contributed by atoms with Crippen LogP contribution in [-0.2, 0) is 4.74 Å². The summed E-state index contributed by atoms with van der Waals surface area (Å²) in [5.41, 5.74) is 1.28. The molecule has 2 N–H and O–H groups in total. The molecule has 1 aliphatic heterocycles. The molecule has 0 saturated carbocycles. The van der Waals surface area contributed by atoms with Crippen LogP contribution in [0.3, 0.4) is 0 Å². The first-order valence-corrected chi connectivity index (χ1v) is 9.34. The molecule has 0 spiro atoms. The van der Waals surface area contributed by atoms with Crippen LogP contribution in [0.1, 0.15) is 37.0 Å². The number of ether oxygens (including phenoxy) is 1. The van der Waals surface area contributed by atoms with Crippen molar-refractivity contribution in [2.24, 2.45) is 11.8 Å². The number of anilines is 1. The molecule has 25 heavy (non-hydrogen) atoms. The summed E-state index contributed by atoms with van der Waals surface area (Å²) < 4.78 is 4.73. The zero-order chi connectivity index (χ0) is 18.2. The number of nitrogens with zero attached hydrogens (tertiary/aromatic N) is 1. The van der Waals surface area contributed by atoms with Crippen molar-refractivity contribution < 1.29 is 9.53 Å². The Labute approximate surface area is 156 Å². The van der Waals surface area contributed by atoms with Crippen molar-refractivity contribution >= 4 is 29.0 Å². The summed E-state index contributed by atoms with van der Waals surface area (Å²) in [6.45, 7) is 9.01. The van der Waals surface area contributed by atoms with Crippen molar-refractivity contribution in [1.29, 1.82) is 0 Å². The van der Waals surface area contributed by atoms with E-state index in [4.69, 9.17) is 17.0 Å². The minimum atomic E-state index is -0.354. The van der Waals surface area contributed by atoms with Crippen LogP contribution in [0.4, 0.5) is 5.69 Å². The molecule has 1 aromatic carbocycles. The second-order valence-electron chi connectivity index (χ2n) is 7.01. The van der Waals surface area contributed by atoms with E-state index in [0.717, 1.165) is 37.0 Å². The summed E-state index contributed by atoms with van der Waals surface area (Å²) in [6, 6.07) is 7.12. The van der Waals surface area contributed by atoms with Gasteiger partial charge in [-0.05, 0) is 61.6 Å². The van der Waals surface area contributed by atoms with Gasteiger partial charge in [-0.15, -0.1) is 0 Å². The fraction of sp³-hybridized carbons (Fsp3) is 0.579. The van der Waals surface area contributed by atoms with Gasteiger partial charge in [-0.25, -0.2) is 4.79 Å². The third-order valence-corrected chi connectivity index (χ3v) is 4.67. The van der Waals surface area contributed by atoms with Gasteiger partial charge < -0.3 is 20.3 Å². The summed E-state index contributed by atoms with van der Waals surface area (Å²) in [6.07, 6.45) is 2.40. The molecular weight excluding hydrogens is 334 g/mol. The summed E-state index contributed by atoms with van der Waals surface area (Å²) in [7, 11) is 1.37. The Hall–Kier alpha value is -1.66. The van der Waals surface area contributed by atoms with E-state index in [-0.39, 0.29) is 5.97 Å². The van der Waals surface area contributed by atoms with E-state index in [2.05, 4.69) is 29.4 Å². The van der Waals surface area contributed by atoms with Crippen LogP contribution in [0.15, 0.2) is 24.3 Å². The number of hydrogen-bond acceptors (Lipinski definition) is 4. The molecule has 138 valence electrons. The number of esters is 1. The Morgan fingerprint density at radius 2 is 2.04 bits per heavy atom. The van der Waals surface area contributed by atoms with Gasteiger partial charge in [0.15, 0.2) is 5.11 Å². The minimum absolute atomic E-state index is 0.354. The molecule has 1 aromatic rings. The first-order chi connectivity index (χ1) is 12.0. The number of carbonyl (C=O) groups is 1. The van der Waals surface area contributed by atoms with Gasteiger partial charge in [-0.1, -0.05) is 19.9 Å². The van der Waals surface area contributed by atoms with Crippen LogP contribution < -0.4 is 10.6 Å². The monoisotopic (exact) mass is 363 g/mol. The normalized spacial score (nSPS) is 20.8. The minimum Gasteiger partial charge on any atom is -0.465 e. The number of likely N-dealkylation sites (tertiary alicyclic amines) is 1. The van der Waals surface area contributed by atoms with Gasteiger partial charge in [0, 0.05) is 25.3 Å². The number of nitrogens with one attached hydrogen (secondary N) is 2. The largest absolute Gasteiger partial charge is 0.465 e. The molecule has 1 fully saturated rings. The third kappa shape index (κ3) is 6.63. The van der Waals surface area contributed by atoms with Gasteiger partial charge in [0.25, 0.3) is 0 Å². The molecule has 1 aliphatic rings. The molecule has 2 rings (SSSR count). The molecular formula is C19H29N3O2S. The maximum atomic E-state index is 11.6. The standard InChI is InChI=1S/C19H29N3O2S/c1-14-10-15(2)13-22(12-14)9-5-8-20-19(25)21-17-7-4-6-16(11-17)18(23)24-3/h4,6-7,11,14-15H,5,8-10,12-13H2,1-3H3,(H2,20,21,25)/t14-,15-/m1/s1. The number of benzene rings is 1. The van der Waals surface area contributed by atoms with Crippen LogP contribution in [0.25, 0.3) is 0 Å². The van der Waals surface area contributed by atoms with E-state index >= 15 is 0 Å². The Kier molecular flexibility index (Phi) is 7.65. The molecule has 0 amide bonds. The lowest BCUT2D eigenvalue weighted by molar-refractivity contribution is 0.0601. The molecule has 2 atom stereocenters. The van der Waals surface area contributed by atoms with Crippen LogP contribution in [0, 0.1) is 11.8 Å². The lowest BCUT2D eigenvalue weighted by Gasteiger charge is -2.35. The van der Waals surface area contributed by atoms with E-state index in [1.54, 1.807) is 18.2 Å². The molecule has 6 heteroatoms. The number of carbonyl (C=O) groups excluding carboxylic acids is 1. The molecule has 0 bridgehead atoms. The van der Waals surface area contributed by atoms with Crippen LogP contribution >= 0.6 is 12.2 Å². The van der Waals surface area contributed by atoms with Gasteiger partial charge >= 0.3 is 5.97 Å². The Balaban J connectivity index is 1.70. The van der Waals surface area contributed by atoms with E-state index in [9.17, 15) is 4.79 Å². The highest BCUT2D eigenvalue weighted by Crippen LogP contribution is 2.20. The van der Waals surface area contributed by atoms with Gasteiger partial charge in [-0.2, -0.15) is 0 Å². The molecule has 5 nitrogen and oxygen atoms in total. The Morgan fingerprint density at radius 1 is 1.32 bits per heavy atom. The van der Waals surface area contributed by atoms with Gasteiger partial charge in [0.05, 0.1) is 12.7 Å². The number of piperidine rings is 1. The SMILES string of the molecule is COC(=O)c1cccc(NC(=S)NCCCN2C[C@H](C)C[C@@H](C)C2)c1. The zero-order valence-electron chi connectivity index (χ0n) is 15.4. The molecule has 0 aromatic heterocycles. The van der Waals surface area contributed by atoms with E-state index < -0.39 is 0 Å². The van der Waals surface area contributed by atoms with Crippen molar-refractivity contribution in [3.05, 3.63) is 29.8 Å². The van der Waals surface area contributed by atoms with Crippen molar-refractivity contribution in [3.8, 4) is 0 Å². The highest BCUT2D eigenvalue weighted by molar-refractivity contribution is 7.80. The first kappa shape index (κ1) is 19.7. The molecule has 1 saturated heterocycles. The summed E-state index contributed by atoms with van der Waals surface area (Å²) >= 11 is 5.33. The van der Waals surface area contributed by atoms with Gasteiger partial charge in [-0.3, -0.25) is 0 Å². The number of hydrogen-bond donors (Lipinski definition) is 2. The molecule has 0 radical (unpaired) electrons. The first-order valence-electron chi connectivity index (χ1n) is 8.93. The predicted molar refractivity (Wildman–Crippen MR) is 106 cm³/mol. The summed E-state index contributed by atoms with van der Waals surface area (Å²) in [5.74, 6) is 1.23. The van der Waals surface area contributed by atoms with Gasteiger partial charge in [0.1, 0.15) is 0 Å². The van der Waals surface area contributed by atoms with Crippen molar-refractivity contribution in [2.45, 2.75) is 26.7 Å². The van der Waals surface area contributed by atoms with E-state index in [1.807, 2.05) is 6.07 Å². The van der Waals surface area contributed by atoms with Crippen molar-refractivity contribution in [2.75, 3.05) is 38.6 Å². The fourth-order valence-corrected chi connectivity index (χ4v) is 3.72. The lowest BCUT2D eigenvalue weighted by Crippen LogP contribution is -2.40.